The smallest absolute Gasteiger partial charge is 0.342 e. The summed E-state index contributed by atoms with van der Waals surface area (Å²) in [5, 5.41) is 0.819. The van der Waals surface area contributed by atoms with Crippen LogP contribution in [0.3, 0.4) is 0 Å². The fourth-order valence-electron chi connectivity index (χ4n) is 4.93. The van der Waals surface area contributed by atoms with Crippen LogP contribution < -0.4 is 9.64 Å². The summed E-state index contributed by atoms with van der Waals surface area (Å²) in [6.45, 7) is 6.50. The van der Waals surface area contributed by atoms with Crippen molar-refractivity contribution >= 4 is 38.6 Å². The lowest BCUT2D eigenvalue weighted by atomic mass is 10.1. The number of nitrogens with zero attached hydrogens (tertiary/aromatic N) is 3. The Hall–Kier alpha value is -3.29. The first kappa shape index (κ1) is 24.4. The topological polar surface area (TPSA) is 46.9 Å². The molecule has 186 valence electrons. The molecule has 4 aromatic rings. The Morgan fingerprint density at radius 1 is 0.944 bits per heavy atom. The molecule has 7 heteroatoms. The number of methoxy groups -OCH3 is 1. The van der Waals surface area contributed by atoms with Crippen LogP contribution in [0.15, 0.2) is 77.3 Å². The van der Waals surface area contributed by atoms with Gasteiger partial charge in [0.05, 0.1) is 23.7 Å². The maximum atomic E-state index is 13.4. The summed E-state index contributed by atoms with van der Waals surface area (Å²) in [7, 11) is 1.64. The van der Waals surface area contributed by atoms with E-state index in [1.807, 2.05) is 43.3 Å². The Kier molecular flexibility index (Phi) is 7.30. The number of esters is 1. The highest BCUT2D eigenvalue weighted by Gasteiger charge is 2.31. The zero-order valence-corrected chi connectivity index (χ0v) is 22.2. The third-order valence-electron chi connectivity index (χ3n) is 6.63. The van der Waals surface area contributed by atoms with Gasteiger partial charge in [-0.15, -0.1) is 0 Å². The summed E-state index contributed by atoms with van der Waals surface area (Å²) < 4.78 is 14.2. The highest BCUT2D eigenvalue weighted by Crippen LogP contribution is 2.41. The highest BCUT2D eigenvalue weighted by molar-refractivity contribution is 9.10. The molecule has 2 heterocycles. The number of rotatable bonds is 7. The van der Waals surface area contributed by atoms with E-state index in [-0.39, 0.29) is 5.97 Å². The first-order valence-electron chi connectivity index (χ1n) is 12.3. The lowest BCUT2D eigenvalue weighted by Crippen LogP contribution is -2.47. The van der Waals surface area contributed by atoms with E-state index in [1.54, 1.807) is 7.11 Å². The minimum absolute atomic E-state index is 0.314. The molecule has 1 aliphatic heterocycles. The number of halogens is 1. The number of hydrogen-bond donors (Lipinski definition) is 0. The van der Waals surface area contributed by atoms with Crippen LogP contribution in [0.2, 0.25) is 0 Å². The summed E-state index contributed by atoms with van der Waals surface area (Å²) in [4.78, 5) is 18.2. The number of para-hydroxylation sites is 1. The molecule has 1 aliphatic rings. The minimum atomic E-state index is -0.316. The third kappa shape index (κ3) is 4.73. The first-order chi connectivity index (χ1) is 17.6. The van der Waals surface area contributed by atoms with Gasteiger partial charge in [0.15, 0.2) is 0 Å². The van der Waals surface area contributed by atoms with Gasteiger partial charge in [0.2, 0.25) is 0 Å². The highest BCUT2D eigenvalue weighted by atomic mass is 79.9. The minimum Gasteiger partial charge on any atom is -0.496 e. The molecule has 0 N–H and O–H groups in total. The standard InChI is InChI=1S/C29H30BrN3O3/c1-3-36-29(34)27-23-18-26(35-2)24(30)19-25(23)33(22-12-8-5-9-13-22)28(27)32-16-14-31(15-17-32)20-21-10-6-4-7-11-21/h4-13,18-19H,3,14-17,20H2,1-2H3. The summed E-state index contributed by atoms with van der Waals surface area (Å²) in [6.07, 6.45) is 0. The largest absolute Gasteiger partial charge is 0.496 e. The molecule has 0 amide bonds. The monoisotopic (exact) mass is 547 g/mol. The maximum Gasteiger partial charge on any atom is 0.342 e. The van der Waals surface area contributed by atoms with Gasteiger partial charge >= 0.3 is 5.97 Å². The lowest BCUT2D eigenvalue weighted by molar-refractivity contribution is 0.0529. The molecule has 0 saturated carbocycles. The average Bonchev–Trinajstić information content (AvgIpc) is 3.23. The first-order valence-corrected chi connectivity index (χ1v) is 13.1. The number of benzene rings is 3. The van der Waals surface area contributed by atoms with Crippen molar-refractivity contribution in [2.24, 2.45) is 0 Å². The molecule has 1 fully saturated rings. The van der Waals surface area contributed by atoms with Gasteiger partial charge in [0.25, 0.3) is 0 Å². The van der Waals surface area contributed by atoms with Crippen LogP contribution in [0, 0.1) is 0 Å². The quantitative estimate of drug-likeness (QED) is 0.269. The van der Waals surface area contributed by atoms with Gasteiger partial charge in [-0.1, -0.05) is 48.5 Å². The van der Waals surface area contributed by atoms with Crippen LogP contribution in [0.4, 0.5) is 5.82 Å². The van der Waals surface area contributed by atoms with Crippen molar-refractivity contribution in [3.05, 3.63) is 88.4 Å². The second-order valence-corrected chi connectivity index (χ2v) is 9.70. The summed E-state index contributed by atoms with van der Waals surface area (Å²) >= 11 is 3.65. The van der Waals surface area contributed by atoms with Crippen LogP contribution >= 0.6 is 15.9 Å². The average molecular weight is 548 g/mol. The molecule has 0 atom stereocenters. The molecule has 1 saturated heterocycles. The van der Waals surface area contributed by atoms with Gasteiger partial charge < -0.3 is 14.4 Å². The second kappa shape index (κ2) is 10.8. The van der Waals surface area contributed by atoms with Gasteiger partial charge in [0, 0.05) is 43.8 Å². The molecule has 5 rings (SSSR count). The number of anilines is 1. The van der Waals surface area contributed by atoms with Crippen LogP contribution in [0.5, 0.6) is 5.75 Å². The summed E-state index contributed by atoms with van der Waals surface area (Å²) in [5.74, 6) is 1.23. The predicted molar refractivity (Wildman–Crippen MR) is 147 cm³/mol. The number of carbonyl (C=O) groups is 1. The van der Waals surface area contributed by atoms with E-state index in [2.05, 4.69) is 66.7 Å². The Labute approximate surface area is 220 Å². The Morgan fingerprint density at radius 3 is 2.25 bits per heavy atom. The molecule has 1 aromatic heterocycles. The van der Waals surface area contributed by atoms with Gasteiger partial charge in [-0.05, 0) is 52.7 Å². The van der Waals surface area contributed by atoms with E-state index in [1.165, 1.54) is 5.56 Å². The number of aromatic nitrogens is 1. The molecule has 36 heavy (non-hydrogen) atoms. The third-order valence-corrected chi connectivity index (χ3v) is 7.25. The van der Waals surface area contributed by atoms with Crippen LogP contribution in [-0.4, -0.2) is 55.3 Å². The number of carbonyl (C=O) groups excluding carboxylic acids is 1. The van der Waals surface area contributed by atoms with Crippen molar-refractivity contribution in [1.82, 2.24) is 9.47 Å². The Morgan fingerprint density at radius 2 is 1.61 bits per heavy atom. The molecular weight excluding hydrogens is 518 g/mol. The normalized spacial score (nSPS) is 14.2. The SMILES string of the molecule is CCOC(=O)c1c(N2CCN(Cc3ccccc3)CC2)n(-c2ccccc2)c2cc(Br)c(OC)cc12. The zero-order valence-electron chi connectivity index (χ0n) is 20.6. The van der Waals surface area contributed by atoms with E-state index < -0.39 is 0 Å². The molecule has 0 unspecified atom stereocenters. The van der Waals surface area contributed by atoms with E-state index in [0.717, 1.165) is 59.6 Å². The van der Waals surface area contributed by atoms with Crippen LogP contribution in [0.25, 0.3) is 16.6 Å². The van der Waals surface area contributed by atoms with E-state index >= 15 is 0 Å². The molecule has 0 bridgehead atoms. The van der Waals surface area contributed by atoms with E-state index in [0.29, 0.717) is 17.9 Å². The van der Waals surface area contributed by atoms with Crippen LogP contribution in [-0.2, 0) is 11.3 Å². The van der Waals surface area contributed by atoms with Gasteiger partial charge in [-0.2, -0.15) is 0 Å². The number of hydrogen-bond acceptors (Lipinski definition) is 5. The lowest BCUT2D eigenvalue weighted by Gasteiger charge is -2.37. The molecule has 0 spiro atoms. The Balaban J connectivity index is 1.61. The number of piperazine rings is 1. The molecule has 3 aromatic carbocycles. The molecule has 0 aliphatic carbocycles. The van der Waals surface area contributed by atoms with Crippen molar-refractivity contribution < 1.29 is 14.3 Å². The second-order valence-electron chi connectivity index (χ2n) is 8.84. The van der Waals surface area contributed by atoms with Crippen molar-refractivity contribution in [3.63, 3.8) is 0 Å². The number of ether oxygens (including phenoxy) is 2. The van der Waals surface area contributed by atoms with Crippen LogP contribution in [0.1, 0.15) is 22.8 Å². The number of fused-ring (bicyclic) bond motifs is 1. The molecule has 0 radical (unpaired) electrons. The van der Waals surface area contributed by atoms with E-state index in [9.17, 15) is 4.79 Å². The van der Waals surface area contributed by atoms with Gasteiger partial charge in [-0.3, -0.25) is 9.47 Å². The molecule has 6 nitrogen and oxygen atoms in total. The van der Waals surface area contributed by atoms with Crippen molar-refractivity contribution in [3.8, 4) is 11.4 Å². The fourth-order valence-corrected chi connectivity index (χ4v) is 5.43. The van der Waals surface area contributed by atoms with Crippen molar-refractivity contribution in [2.45, 2.75) is 13.5 Å². The van der Waals surface area contributed by atoms with Gasteiger partial charge in [-0.25, -0.2) is 4.79 Å². The summed E-state index contributed by atoms with van der Waals surface area (Å²) in [6, 6.07) is 24.7. The Bertz CT molecular complexity index is 1350. The van der Waals surface area contributed by atoms with Gasteiger partial charge in [0.1, 0.15) is 17.1 Å². The van der Waals surface area contributed by atoms with Crippen molar-refractivity contribution in [1.29, 1.82) is 0 Å². The fraction of sp³-hybridized carbons (Fsp3) is 0.276. The van der Waals surface area contributed by atoms with E-state index in [4.69, 9.17) is 9.47 Å². The zero-order chi connectivity index (χ0) is 25.1. The van der Waals surface area contributed by atoms with Crippen molar-refractivity contribution in [2.75, 3.05) is 44.8 Å². The summed E-state index contributed by atoms with van der Waals surface area (Å²) in [5.41, 5.74) is 3.82. The maximum absolute atomic E-state index is 13.4. The molecular formula is C29H30BrN3O3. The predicted octanol–water partition coefficient (Wildman–Crippen LogP) is 5.90.